The molecule has 4 heteroatoms. The van der Waals surface area contributed by atoms with Crippen LogP contribution in [0.15, 0.2) is 24.4 Å². The van der Waals surface area contributed by atoms with Crippen molar-refractivity contribution in [1.82, 2.24) is 15.6 Å². The average Bonchev–Trinajstić information content (AvgIpc) is 2.38. The Bertz CT molecular complexity index is 299. The van der Waals surface area contributed by atoms with E-state index in [1.807, 2.05) is 18.3 Å². The number of nitrogens with zero attached hydrogens (tertiary/aromatic N) is 1. The van der Waals surface area contributed by atoms with Crippen LogP contribution in [0.5, 0.6) is 0 Å². The molecular weight excluding hydrogens is 234 g/mol. The predicted octanol–water partition coefficient (Wildman–Crippen LogP) is 2.15. The molecular formula is C13H22ClN3. The third kappa shape index (κ3) is 4.62. The Balaban J connectivity index is 0.00000144. The highest BCUT2D eigenvalue weighted by Gasteiger charge is 2.14. The summed E-state index contributed by atoms with van der Waals surface area (Å²) < 4.78 is 0. The van der Waals surface area contributed by atoms with E-state index in [4.69, 9.17) is 0 Å². The molecule has 0 saturated carbocycles. The van der Waals surface area contributed by atoms with E-state index >= 15 is 0 Å². The van der Waals surface area contributed by atoms with Crippen molar-refractivity contribution in [1.29, 1.82) is 0 Å². The fourth-order valence-electron chi connectivity index (χ4n) is 2.17. The van der Waals surface area contributed by atoms with E-state index < -0.39 is 0 Å². The first-order valence-electron chi connectivity index (χ1n) is 6.21. The van der Waals surface area contributed by atoms with Gasteiger partial charge in [-0.15, -0.1) is 12.4 Å². The van der Waals surface area contributed by atoms with Gasteiger partial charge < -0.3 is 10.6 Å². The predicted molar refractivity (Wildman–Crippen MR) is 73.5 cm³/mol. The zero-order valence-electron chi connectivity index (χ0n) is 10.4. The molecule has 0 bridgehead atoms. The Kier molecular flexibility index (Phi) is 6.48. The molecule has 1 fully saturated rings. The average molecular weight is 256 g/mol. The van der Waals surface area contributed by atoms with E-state index in [0.717, 1.165) is 18.2 Å². The van der Waals surface area contributed by atoms with Crippen molar-refractivity contribution in [2.75, 3.05) is 19.6 Å². The van der Waals surface area contributed by atoms with Crippen LogP contribution in [0.2, 0.25) is 0 Å². The maximum atomic E-state index is 4.37. The number of piperidine rings is 1. The zero-order valence-corrected chi connectivity index (χ0v) is 11.2. The van der Waals surface area contributed by atoms with Crippen molar-refractivity contribution >= 4 is 12.4 Å². The minimum atomic E-state index is 0. The number of aromatic nitrogens is 1. The van der Waals surface area contributed by atoms with Crippen molar-refractivity contribution in [3.05, 3.63) is 30.1 Å². The molecule has 96 valence electrons. The van der Waals surface area contributed by atoms with Crippen LogP contribution in [0.1, 0.15) is 31.5 Å². The van der Waals surface area contributed by atoms with Gasteiger partial charge in [-0.2, -0.15) is 0 Å². The monoisotopic (exact) mass is 255 g/mol. The van der Waals surface area contributed by atoms with Crippen LogP contribution in [0.4, 0.5) is 0 Å². The van der Waals surface area contributed by atoms with E-state index in [1.165, 1.54) is 25.9 Å². The van der Waals surface area contributed by atoms with Gasteiger partial charge in [-0.25, -0.2) is 0 Å². The maximum Gasteiger partial charge on any atom is 0.0570 e. The molecule has 1 unspecified atom stereocenters. The first-order valence-corrected chi connectivity index (χ1v) is 6.21. The molecule has 0 radical (unpaired) electrons. The Morgan fingerprint density at radius 2 is 2.18 bits per heavy atom. The topological polar surface area (TPSA) is 37.0 Å². The van der Waals surface area contributed by atoms with Gasteiger partial charge in [0.25, 0.3) is 0 Å². The first kappa shape index (κ1) is 14.4. The largest absolute Gasteiger partial charge is 0.317 e. The van der Waals surface area contributed by atoms with Crippen molar-refractivity contribution in [3.8, 4) is 0 Å². The van der Waals surface area contributed by atoms with E-state index in [1.54, 1.807) is 0 Å². The summed E-state index contributed by atoms with van der Waals surface area (Å²) in [5.74, 6) is 0.826. The third-order valence-electron chi connectivity index (χ3n) is 3.30. The first-order chi connectivity index (χ1) is 7.86. The highest BCUT2D eigenvalue weighted by atomic mass is 35.5. The van der Waals surface area contributed by atoms with Crippen molar-refractivity contribution in [2.24, 2.45) is 5.92 Å². The van der Waals surface area contributed by atoms with Crippen molar-refractivity contribution in [3.63, 3.8) is 0 Å². The number of hydrogen-bond donors (Lipinski definition) is 2. The minimum absolute atomic E-state index is 0. The van der Waals surface area contributed by atoms with Crippen LogP contribution in [-0.4, -0.2) is 24.6 Å². The lowest BCUT2D eigenvalue weighted by molar-refractivity contribution is 0.344. The standard InChI is InChI=1S/C13H21N3.ClH/c1-11(13-4-2-3-7-15-13)16-10-12-5-8-14-9-6-12;/h2-4,7,11-12,14,16H,5-6,8-10H2,1H3;1H. The molecule has 2 heterocycles. The number of halogens is 1. The molecule has 1 saturated heterocycles. The summed E-state index contributed by atoms with van der Waals surface area (Å²) in [6, 6.07) is 6.45. The Morgan fingerprint density at radius 1 is 1.41 bits per heavy atom. The number of nitrogens with one attached hydrogen (secondary N) is 2. The van der Waals surface area contributed by atoms with Gasteiger partial charge in [-0.05, 0) is 57.5 Å². The number of rotatable bonds is 4. The number of hydrogen-bond acceptors (Lipinski definition) is 3. The van der Waals surface area contributed by atoms with Gasteiger partial charge in [0, 0.05) is 12.2 Å². The van der Waals surface area contributed by atoms with E-state index in [-0.39, 0.29) is 12.4 Å². The fourth-order valence-corrected chi connectivity index (χ4v) is 2.17. The van der Waals surface area contributed by atoms with Gasteiger partial charge in [-0.1, -0.05) is 6.07 Å². The molecule has 1 aromatic rings. The summed E-state index contributed by atoms with van der Waals surface area (Å²) in [6.45, 7) is 5.64. The van der Waals surface area contributed by atoms with Gasteiger partial charge in [0.2, 0.25) is 0 Å². The molecule has 2 N–H and O–H groups in total. The van der Waals surface area contributed by atoms with Crippen LogP contribution in [0.25, 0.3) is 0 Å². The lowest BCUT2D eigenvalue weighted by atomic mass is 9.98. The normalized spacial score (nSPS) is 18.4. The quantitative estimate of drug-likeness (QED) is 0.866. The van der Waals surface area contributed by atoms with Gasteiger partial charge in [0.1, 0.15) is 0 Å². The van der Waals surface area contributed by atoms with Gasteiger partial charge in [0.05, 0.1) is 5.69 Å². The fraction of sp³-hybridized carbons (Fsp3) is 0.615. The minimum Gasteiger partial charge on any atom is -0.317 e. The van der Waals surface area contributed by atoms with Gasteiger partial charge >= 0.3 is 0 Å². The maximum absolute atomic E-state index is 4.37. The van der Waals surface area contributed by atoms with Crippen LogP contribution in [0, 0.1) is 5.92 Å². The van der Waals surface area contributed by atoms with Crippen LogP contribution in [0.3, 0.4) is 0 Å². The Hall–Kier alpha value is -0.640. The second-order valence-electron chi connectivity index (χ2n) is 4.58. The summed E-state index contributed by atoms with van der Waals surface area (Å²) >= 11 is 0. The summed E-state index contributed by atoms with van der Waals surface area (Å²) in [7, 11) is 0. The summed E-state index contributed by atoms with van der Waals surface area (Å²) in [4.78, 5) is 4.37. The molecule has 0 aromatic carbocycles. The highest BCUT2D eigenvalue weighted by molar-refractivity contribution is 5.85. The highest BCUT2D eigenvalue weighted by Crippen LogP contribution is 2.13. The molecule has 17 heavy (non-hydrogen) atoms. The van der Waals surface area contributed by atoms with Gasteiger partial charge in [-0.3, -0.25) is 4.98 Å². The number of pyridine rings is 1. The summed E-state index contributed by atoms with van der Waals surface area (Å²) in [6.07, 6.45) is 4.45. The molecule has 1 aliphatic heterocycles. The lowest BCUT2D eigenvalue weighted by Gasteiger charge is -2.24. The van der Waals surface area contributed by atoms with Crippen LogP contribution in [-0.2, 0) is 0 Å². The molecule has 1 aromatic heterocycles. The van der Waals surface area contributed by atoms with Crippen molar-refractivity contribution < 1.29 is 0 Å². The summed E-state index contributed by atoms with van der Waals surface area (Å²) in [5, 5.41) is 6.97. The third-order valence-corrected chi connectivity index (χ3v) is 3.30. The smallest absolute Gasteiger partial charge is 0.0570 e. The molecule has 0 aliphatic carbocycles. The lowest BCUT2D eigenvalue weighted by Crippen LogP contribution is -2.34. The molecule has 1 atom stereocenters. The molecule has 3 nitrogen and oxygen atoms in total. The Morgan fingerprint density at radius 3 is 2.82 bits per heavy atom. The van der Waals surface area contributed by atoms with Crippen LogP contribution < -0.4 is 10.6 Å². The zero-order chi connectivity index (χ0) is 11.2. The molecule has 1 aliphatic rings. The molecule has 2 rings (SSSR count). The molecule has 0 amide bonds. The summed E-state index contributed by atoms with van der Waals surface area (Å²) in [5.41, 5.74) is 1.14. The SMILES string of the molecule is CC(NCC1CCNCC1)c1ccccn1.Cl. The van der Waals surface area contributed by atoms with E-state index in [2.05, 4.69) is 28.6 Å². The molecule has 0 spiro atoms. The second-order valence-corrected chi connectivity index (χ2v) is 4.58. The van der Waals surface area contributed by atoms with E-state index in [0.29, 0.717) is 6.04 Å². The van der Waals surface area contributed by atoms with Crippen molar-refractivity contribution in [2.45, 2.75) is 25.8 Å². The second kappa shape index (κ2) is 7.64. The van der Waals surface area contributed by atoms with Crippen LogP contribution >= 0.6 is 12.4 Å². The Labute approximate surface area is 110 Å². The van der Waals surface area contributed by atoms with E-state index in [9.17, 15) is 0 Å². The van der Waals surface area contributed by atoms with Gasteiger partial charge in [0.15, 0.2) is 0 Å².